The van der Waals surface area contributed by atoms with Crippen molar-refractivity contribution in [2.75, 3.05) is 6.61 Å². The Labute approximate surface area is 87.6 Å². The van der Waals surface area contributed by atoms with Gasteiger partial charge in [-0.05, 0) is 38.0 Å². The largest absolute Gasteiger partial charge is 0.396 e. The molecule has 1 unspecified atom stereocenters. The first-order valence-corrected chi connectivity index (χ1v) is 5.36. The second-order valence-electron chi connectivity index (χ2n) is 4.44. The van der Waals surface area contributed by atoms with Gasteiger partial charge in [0.1, 0.15) is 0 Å². The van der Waals surface area contributed by atoms with E-state index in [1.807, 2.05) is 0 Å². The zero-order chi connectivity index (χ0) is 11.5. The fourth-order valence-electron chi connectivity index (χ4n) is 2.14. The minimum Gasteiger partial charge on any atom is -0.396 e. The smallest absolute Gasteiger partial charge is 0.394 e. The van der Waals surface area contributed by atoms with E-state index in [2.05, 4.69) is 0 Å². The van der Waals surface area contributed by atoms with E-state index in [1.54, 1.807) is 0 Å². The van der Waals surface area contributed by atoms with Crippen molar-refractivity contribution in [3.63, 3.8) is 0 Å². The number of alkyl halides is 3. The highest BCUT2D eigenvalue weighted by Crippen LogP contribution is 2.35. The SMILES string of the molecule is NC1CCC(CC(CO)C(F)(F)F)CC1. The lowest BCUT2D eigenvalue weighted by Crippen LogP contribution is -2.32. The Kier molecular flexibility index (Phi) is 4.40. The topological polar surface area (TPSA) is 46.2 Å². The van der Waals surface area contributed by atoms with Gasteiger partial charge < -0.3 is 10.8 Å². The normalized spacial score (nSPS) is 30.2. The molecule has 1 aliphatic rings. The fraction of sp³-hybridized carbons (Fsp3) is 1.00. The van der Waals surface area contributed by atoms with Crippen molar-refractivity contribution in [3.05, 3.63) is 0 Å². The fourth-order valence-corrected chi connectivity index (χ4v) is 2.14. The molecule has 0 spiro atoms. The predicted molar refractivity (Wildman–Crippen MR) is 51.2 cm³/mol. The Morgan fingerprint density at radius 1 is 1.20 bits per heavy atom. The Hall–Kier alpha value is -0.290. The van der Waals surface area contributed by atoms with E-state index in [-0.39, 0.29) is 18.4 Å². The molecule has 1 aliphatic carbocycles. The third-order valence-electron chi connectivity index (χ3n) is 3.19. The number of rotatable bonds is 3. The lowest BCUT2D eigenvalue weighted by Gasteiger charge is -2.29. The summed E-state index contributed by atoms with van der Waals surface area (Å²) >= 11 is 0. The second kappa shape index (κ2) is 5.16. The molecule has 0 saturated heterocycles. The van der Waals surface area contributed by atoms with Crippen LogP contribution in [0.5, 0.6) is 0 Å². The van der Waals surface area contributed by atoms with Crippen molar-refractivity contribution in [2.45, 2.75) is 44.3 Å². The minimum atomic E-state index is -4.27. The van der Waals surface area contributed by atoms with Crippen molar-refractivity contribution < 1.29 is 18.3 Å². The van der Waals surface area contributed by atoms with Gasteiger partial charge in [-0.3, -0.25) is 0 Å². The maximum absolute atomic E-state index is 12.4. The summed E-state index contributed by atoms with van der Waals surface area (Å²) in [6, 6.07) is 0.153. The Bertz CT molecular complexity index is 188. The summed E-state index contributed by atoms with van der Waals surface area (Å²) < 4.78 is 37.1. The van der Waals surface area contributed by atoms with Gasteiger partial charge in [-0.2, -0.15) is 13.2 Å². The van der Waals surface area contributed by atoms with Crippen LogP contribution in [-0.4, -0.2) is 23.9 Å². The molecule has 0 amide bonds. The second-order valence-corrected chi connectivity index (χ2v) is 4.44. The number of aliphatic hydroxyl groups excluding tert-OH is 1. The van der Waals surface area contributed by atoms with E-state index < -0.39 is 18.7 Å². The van der Waals surface area contributed by atoms with Gasteiger partial charge in [0.25, 0.3) is 0 Å². The molecule has 5 heteroatoms. The Balaban J connectivity index is 2.39. The lowest BCUT2D eigenvalue weighted by molar-refractivity contribution is -0.189. The highest BCUT2D eigenvalue weighted by Gasteiger charge is 2.40. The van der Waals surface area contributed by atoms with Gasteiger partial charge in [0.05, 0.1) is 12.5 Å². The Morgan fingerprint density at radius 3 is 2.13 bits per heavy atom. The Morgan fingerprint density at radius 2 is 1.73 bits per heavy atom. The maximum Gasteiger partial charge on any atom is 0.394 e. The monoisotopic (exact) mass is 225 g/mol. The number of hydrogen-bond donors (Lipinski definition) is 2. The third kappa shape index (κ3) is 3.99. The summed E-state index contributed by atoms with van der Waals surface area (Å²) in [5.74, 6) is -1.49. The molecule has 0 aromatic carbocycles. The van der Waals surface area contributed by atoms with Crippen LogP contribution in [0, 0.1) is 11.8 Å². The standard InChI is InChI=1S/C10H18F3NO/c11-10(12,13)8(6-15)5-7-1-3-9(14)4-2-7/h7-9,15H,1-6,14H2. The third-order valence-corrected chi connectivity index (χ3v) is 3.19. The van der Waals surface area contributed by atoms with Gasteiger partial charge >= 0.3 is 6.18 Å². The molecule has 0 aromatic rings. The molecule has 1 saturated carbocycles. The van der Waals surface area contributed by atoms with Gasteiger partial charge in [-0.25, -0.2) is 0 Å². The molecular weight excluding hydrogens is 207 g/mol. The number of halogens is 3. The van der Waals surface area contributed by atoms with Crippen LogP contribution in [-0.2, 0) is 0 Å². The van der Waals surface area contributed by atoms with Crippen LogP contribution in [0.2, 0.25) is 0 Å². The molecule has 1 rings (SSSR count). The van der Waals surface area contributed by atoms with E-state index in [1.165, 1.54) is 0 Å². The van der Waals surface area contributed by atoms with E-state index in [9.17, 15) is 13.2 Å². The molecule has 3 N–H and O–H groups in total. The first kappa shape index (κ1) is 12.8. The predicted octanol–water partition coefficient (Wildman–Crippen LogP) is 2.06. The lowest BCUT2D eigenvalue weighted by atomic mass is 9.81. The molecule has 0 radical (unpaired) electrons. The van der Waals surface area contributed by atoms with E-state index in [4.69, 9.17) is 10.8 Å². The number of nitrogens with two attached hydrogens (primary N) is 1. The number of hydrogen-bond acceptors (Lipinski definition) is 2. The van der Waals surface area contributed by atoms with Crippen molar-refractivity contribution in [1.29, 1.82) is 0 Å². The molecule has 15 heavy (non-hydrogen) atoms. The molecule has 1 atom stereocenters. The van der Waals surface area contributed by atoms with Crippen molar-refractivity contribution in [1.82, 2.24) is 0 Å². The summed E-state index contributed by atoms with van der Waals surface area (Å²) in [6.45, 7) is -0.800. The molecular formula is C10H18F3NO. The zero-order valence-corrected chi connectivity index (χ0v) is 8.63. The van der Waals surface area contributed by atoms with E-state index in [0.29, 0.717) is 0 Å². The summed E-state index contributed by atoms with van der Waals surface area (Å²) in [5, 5.41) is 8.70. The molecule has 0 bridgehead atoms. The highest BCUT2D eigenvalue weighted by molar-refractivity contribution is 4.78. The van der Waals surface area contributed by atoms with Crippen molar-refractivity contribution in [2.24, 2.45) is 17.6 Å². The molecule has 0 aromatic heterocycles. The summed E-state index contributed by atoms with van der Waals surface area (Å²) in [7, 11) is 0. The molecule has 1 fully saturated rings. The van der Waals surface area contributed by atoms with Gasteiger partial charge in [0.2, 0.25) is 0 Å². The van der Waals surface area contributed by atoms with Crippen LogP contribution in [0.15, 0.2) is 0 Å². The summed E-state index contributed by atoms with van der Waals surface area (Å²) in [6.07, 6.45) is -1.09. The number of aliphatic hydroxyl groups is 1. The zero-order valence-electron chi connectivity index (χ0n) is 8.63. The van der Waals surface area contributed by atoms with Gasteiger partial charge in [0, 0.05) is 6.04 Å². The van der Waals surface area contributed by atoms with Crippen LogP contribution in [0.1, 0.15) is 32.1 Å². The van der Waals surface area contributed by atoms with Crippen LogP contribution in [0.3, 0.4) is 0 Å². The van der Waals surface area contributed by atoms with Crippen LogP contribution >= 0.6 is 0 Å². The van der Waals surface area contributed by atoms with Crippen LogP contribution < -0.4 is 5.73 Å². The highest BCUT2D eigenvalue weighted by atomic mass is 19.4. The maximum atomic E-state index is 12.4. The average molecular weight is 225 g/mol. The van der Waals surface area contributed by atoms with Crippen LogP contribution in [0.25, 0.3) is 0 Å². The first-order valence-electron chi connectivity index (χ1n) is 5.36. The van der Waals surface area contributed by atoms with Crippen molar-refractivity contribution in [3.8, 4) is 0 Å². The van der Waals surface area contributed by atoms with Gasteiger partial charge in [-0.15, -0.1) is 0 Å². The van der Waals surface area contributed by atoms with E-state index in [0.717, 1.165) is 25.7 Å². The molecule has 90 valence electrons. The first-order chi connectivity index (χ1) is 6.93. The van der Waals surface area contributed by atoms with Crippen molar-refractivity contribution >= 4 is 0 Å². The molecule has 0 aliphatic heterocycles. The summed E-state index contributed by atoms with van der Waals surface area (Å²) in [4.78, 5) is 0. The minimum absolute atomic E-state index is 0.0483. The van der Waals surface area contributed by atoms with E-state index >= 15 is 0 Å². The van der Waals surface area contributed by atoms with Gasteiger partial charge in [-0.1, -0.05) is 0 Å². The quantitative estimate of drug-likeness (QED) is 0.772. The average Bonchev–Trinajstić information content (AvgIpc) is 2.15. The molecule has 0 heterocycles. The molecule has 2 nitrogen and oxygen atoms in total. The van der Waals surface area contributed by atoms with Gasteiger partial charge in [0.15, 0.2) is 0 Å². The summed E-state index contributed by atoms with van der Waals surface area (Å²) in [5.41, 5.74) is 5.67. The van der Waals surface area contributed by atoms with Crippen LogP contribution in [0.4, 0.5) is 13.2 Å².